The van der Waals surface area contributed by atoms with Crippen LogP contribution in [0.1, 0.15) is 31.2 Å². The van der Waals surface area contributed by atoms with E-state index in [0.717, 1.165) is 25.7 Å². The standard InChI is InChI=1S/C15H17N3O/c19-14(18-12-6-11-16-18)17-15(9-4-5-10-15)13-7-2-1-3-8-13/h1-3,6-8,11-12H,4-5,9-10H2,(H,17,19). The summed E-state index contributed by atoms with van der Waals surface area (Å²) in [6.45, 7) is 0. The number of nitrogens with one attached hydrogen (secondary N) is 1. The van der Waals surface area contributed by atoms with Crippen molar-refractivity contribution in [2.24, 2.45) is 0 Å². The molecular formula is C15H17N3O. The van der Waals surface area contributed by atoms with Crippen LogP contribution in [0.2, 0.25) is 0 Å². The molecule has 0 radical (unpaired) electrons. The molecule has 1 heterocycles. The Kier molecular flexibility index (Phi) is 3.07. The molecule has 0 bridgehead atoms. The Morgan fingerprint density at radius 2 is 1.89 bits per heavy atom. The molecule has 19 heavy (non-hydrogen) atoms. The molecule has 98 valence electrons. The molecule has 1 aromatic carbocycles. The van der Waals surface area contributed by atoms with Crippen LogP contribution >= 0.6 is 0 Å². The second-order valence-corrected chi connectivity index (χ2v) is 5.04. The predicted octanol–water partition coefficient (Wildman–Crippen LogP) is 2.91. The fourth-order valence-electron chi connectivity index (χ4n) is 2.87. The van der Waals surface area contributed by atoms with Gasteiger partial charge in [-0.05, 0) is 24.5 Å². The van der Waals surface area contributed by atoms with Crippen molar-refractivity contribution in [1.29, 1.82) is 0 Å². The molecule has 1 aliphatic rings. The molecule has 1 aromatic heterocycles. The molecule has 1 saturated carbocycles. The zero-order valence-electron chi connectivity index (χ0n) is 10.7. The van der Waals surface area contributed by atoms with Gasteiger partial charge in [-0.15, -0.1) is 0 Å². The van der Waals surface area contributed by atoms with Gasteiger partial charge >= 0.3 is 6.03 Å². The van der Waals surface area contributed by atoms with Gasteiger partial charge in [-0.25, -0.2) is 4.79 Å². The van der Waals surface area contributed by atoms with Gasteiger partial charge in [-0.1, -0.05) is 43.2 Å². The molecule has 0 atom stereocenters. The van der Waals surface area contributed by atoms with Crippen LogP contribution in [0.25, 0.3) is 0 Å². The van der Waals surface area contributed by atoms with Gasteiger partial charge in [-0.3, -0.25) is 0 Å². The number of aromatic nitrogens is 2. The molecule has 0 spiro atoms. The van der Waals surface area contributed by atoms with Crippen LogP contribution in [0.4, 0.5) is 4.79 Å². The molecule has 1 N–H and O–H groups in total. The zero-order valence-corrected chi connectivity index (χ0v) is 10.7. The lowest BCUT2D eigenvalue weighted by molar-refractivity contribution is 0.223. The van der Waals surface area contributed by atoms with E-state index in [1.807, 2.05) is 18.2 Å². The van der Waals surface area contributed by atoms with Gasteiger partial charge in [0.15, 0.2) is 0 Å². The van der Waals surface area contributed by atoms with E-state index in [9.17, 15) is 4.79 Å². The SMILES string of the molecule is O=C(NC1(c2ccccc2)CCCC1)n1cccn1. The first-order valence-corrected chi connectivity index (χ1v) is 6.68. The summed E-state index contributed by atoms with van der Waals surface area (Å²) < 4.78 is 1.35. The monoisotopic (exact) mass is 255 g/mol. The minimum absolute atomic E-state index is 0.157. The molecule has 0 saturated heterocycles. The molecule has 3 rings (SSSR count). The summed E-state index contributed by atoms with van der Waals surface area (Å²) in [6.07, 6.45) is 7.56. The highest BCUT2D eigenvalue weighted by Gasteiger charge is 2.37. The van der Waals surface area contributed by atoms with E-state index in [0.29, 0.717) is 0 Å². The van der Waals surface area contributed by atoms with Crippen molar-refractivity contribution in [2.75, 3.05) is 0 Å². The van der Waals surface area contributed by atoms with Gasteiger partial charge in [0, 0.05) is 12.4 Å². The van der Waals surface area contributed by atoms with E-state index < -0.39 is 0 Å². The molecule has 1 amide bonds. The Morgan fingerprint density at radius 1 is 1.16 bits per heavy atom. The summed E-state index contributed by atoms with van der Waals surface area (Å²) in [5.41, 5.74) is 0.956. The average molecular weight is 255 g/mol. The van der Waals surface area contributed by atoms with Gasteiger partial charge < -0.3 is 5.32 Å². The Hall–Kier alpha value is -2.10. The molecule has 2 aromatic rings. The van der Waals surface area contributed by atoms with Crippen molar-refractivity contribution in [3.8, 4) is 0 Å². The summed E-state index contributed by atoms with van der Waals surface area (Å²) >= 11 is 0. The third kappa shape index (κ3) is 2.26. The van der Waals surface area contributed by atoms with Crippen molar-refractivity contribution in [1.82, 2.24) is 15.1 Å². The normalized spacial score (nSPS) is 17.3. The number of amides is 1. The lowest BCUT2D eigenvalue weighted by Gasteiger charge is -2.30. The number of nitrogens with zero attached hydrogens (tertiary/aromatic N) is 2. The number of carbonyl (C=O) groups excluding carboxylic acids is 1. The van der Waals surface area contributed by atoms with Crippen LogP contribution in [0.3, 0.4) is 0 Å². The van der Waals surface area contributed by atoms with Crippen molar-refractivity contribution in [2.45, 2.75) is 31.2 Å². The molecule has 0 unspecified atom stereocenters. The first-order valence-electron chi connectivity index (χ1n) is 6.68. The van der Waals surface area contributed by atoms with E-state index in [2.05, 4.69) is 22.5 Å². The van der Waals surface area contributed by atoms with E-state index in [1.165, 1.54) is 10.2 Å². The van der Waals surface area contributed by atoms with Crippen LogP contribution in [0.5, 0.6) is 0 Å². The van der Waals surface area contributed by atoms with E-state index >= 15 is 0 Å². The Labute approximate surface area is 112 Å². The first kappa shape index (κ1) is 12.0. The van der Waals surface area contributed by atoms with Crippen LogP contribution in [-0.2, 0) is 5.54 Å². The summed E-state index contributed by atoms with van der Waals surface area (Å²) in [4.78, 5) is 12.2. The highest BCUT2D eigenvalue weighted by molar-refractivity contribution is 5.76. The number of hydrogen-bond acceptors (Lipinski definition) is 2. The lowest BCUT2D eigenvalue weighted by atomic mass is 9.88. The van der Waals surface area contributed by atoms with Crippen molar-refractivity contribution in [3.05, 3.63) is 54.4 Å². The zero-order chi connectivity index (χ0) is 13.1. The van der Waals surface area contributed by atoms with Crippen LogP contribution < -0.4 is 5.32 Å². The second kappa shape index (κ2) is 4.88. The van der Waals surface area contributed by atoms with E-state index in [1.54, 1.807) is 18.5 Å². The Balaban J connectivity index is 1.88. The van der Waals surface area contributed by atoms with Gasteiger partial charge in [-0.2, -0.15) is 9.78 Å². The second-order valence-electron chi connectivity index (χ2n) is 5.04. The largest absolute Gasteiger partial charge is 0.342 e. The number of rotatable bonds is 2. The highest BCUT2D eigenvalue weighted by Crippen LogP contribution is 2.38. The number of hydrogen-bond donors (Lipinski definition) is 1. The smallest absolute Gasteiger partial charge is 0.327 e. The average Bonchev–Trinajstić information content (AvgIpc) is 3.11. The summed E-state index contributed by atoms with van der Waals surface area (Å²) in [5, 5.41) is 7.16. The first-order chi connectivity index (χ1) is 9.30. The third-order valence-electron chi connectivity index (χ3n) is 3.84. The molecular weight excluding hydrogens is 238 g/mol. The van der Waals surface area contributed by atoms with Crippen LogP contribution in [0.15, 0.2) is 48.8 Å². The predicted molar refractivity (Wildman–Crippen MR) is 72.7 cm³/mol. The van der Waals surface area contributed by atoms with Crippen molar-refractivity contribution >= 4 is 6.03 Å². The van der Waals surface area contributed by atoms with Gasteiger partial charge in [0.2, 0.25) is 0 Å². The van der Waals surface area contributed by atoms with E-state index in [4.69, 9.17) is 0 Å². The highest BCUT2D eigenvalue weighted by atomic mass is 16.2. The summed E-state index contributed by atoms with van der Waals surface area (Å²) in [6, 6.07) is 11.8. The molecule has 0 aliphatic heterocycles. The molecule has 1 fully saturated rings. The van der Waals surface area contributed by atoms with Crippen molar-refractivity contribution in [3.63, 3.8) is 0 Å². The fraction of sp³-hybridized carbons (Fsp3) is 0.333. The number of carbonyl (C=O) groups is 1. The minimum atomic E-state index is -0.232. The lowest BCUT2D eigenvalue weighted by Crippen LogP contribution is -2.45. The molecule has 4 nitrogen and oxygen atoms in total. The van der Waals surface area contributed by atoms with Gasteiger partial charge in [0.1, 0.15) is 0 Å². The van der Waals surface area contributed by atoms with Gasteiger partial charge in [0.25, 0.3) is 0 Å². The summed E-state index contributed by atoms with van der Waals surface area (Å²) in [5.74, 6) is 0. The molecule has 4 heteroatoms. The topological polar surface area (TPSA) is 46.9 Å². The minimum Gasteiger partial charge on any atom is -0.327 e. The van der Waals surface area contributed by atoms with Crippen LogP contribution in [-0.4, -0.2) is 15.8 Å². The number of benzene rings is 1. The maximum absolute atomic E-state index is 12.2. The fourth-order valence-corrected chi connectivity index (χ4v) is 2.87. The quantitative estimate of drug-likeness (QED) is 0.896. The maximum Gasteiger partial charge on any atom is 0.342 e. The van der Waals surface area contributed by atoms with Gasteiger partial charge in [0.05, 0.1) is 5.54 Å². The maximum atomic E-state index is 12.2. The summed E-state index contributed by atoms with van der Waals surface area (Å²) in [7, 11) is 0. The third-order valence-corrected chi connectivity index (χ3v) is 3.84. The van der Waals surface area contributed by atoms with Crippen molar-refractivity contribution < 1.29 is 4.79 Å². The molecule has 1 aliphatic carbocycles. The Morgan fingerprint density at radius 3 is 2.53 bits per heavy atom. The van der Waals surface area contributed by atoms with Crippen LogP contribution in [0, 0.1) is 0 Å². The van der Waals surface area contributed by atoms with E-state index in [-0.39, 0.29) is 11.6 Å². The Bertz CT molecular complexity index is 542.